The predicted octanol–water partition coefficient (Wildman–Crippen LogP) is 2.47. The summed E-state index contributed by atoms with van der Waals surface area (Å²) in [5.41, 5.74) is 7.43. The highest BCUT2D eigenvalue weighted by Crippen LogP contribution is 2.32. The molecule has 7 nitrogen and oxygen atoms in total. The van der Waals surface area contributed by atoms with E-state index in [0.717, 1.165) is 5.56 Å². The van der Waals surface area contributed by atoms with Gasteiger partial charge in [0, 0.05) is 19.0 Å². The number of nitrogens with zero attached hydrogens (tertiary/aromatic N) is 3. The monoisotopic (exact) mass is 410 g/mol. The minimum atomic E-state index is -3.87. The Labute approximate surface area is 169 Å². The molecule has 0 radical (unpaired) electrons. The number of amides is 1. The van der Waals surface area contributed by atoms with Gasteiger partial charge in [0.15, 0.2) is 5.82 Å². The lowest BCUT2D eigenvalue weighted by atomic mass is 9.96. The lowest BCUT2D eigenvalue weighted by Gasteiger charge is -2.32. The van der Waals surface area contributed by atoms with E-state index >= 15 is 0 Å². The molecule has 29 heavy (non-hydrogen) atoms. The van der Waals surface area contributed by atoms with Gasteiger partial charge in [-0.3, -0.25) is 4.79 Å². The van der Waals surface area contributed by atoms with Crippen LogP contribution in [0.5, 0.6) is 0 Å². The molecule has 0 atom stereocenters. The fourth-order valence-electron chi connectivity index (χ4n) is 3.63. The van der Waals surface area contributed by atoms with Crippen molar-refractivity contribution in [2.24, 2.45) is 11.7 Å². The molecule has 0 saturated carbocycles. The number of sulfone groups is 1. The van der Waals surface area contributed by atoms with Crippen molar-refractivity contribution in [3.05, 3.63) is 54.1 Å². The summed E-state index contributed by atoms with van der Waals surface area (Å²) in [4.78, 5) is 22.7. The number of carbonyl (C=O) groups excluding carboxylic acids is 1. The third kappa shape index (κ3) is 3.67. The van der Waals surface area contributed by atoms with E-state index in [1.54, 1.807) is 30.3 Å². The largest absolute Gasteiger partial charge is 0.369 e. The van der Waals surface area contributed by atoms with Crippen LogP contribution in [0.4, 0.5) is 5.82 Å². The number of fused-ring (bicyclic) bond motifs is 1. The Morgan fingerprint density at radius 1 is 1.03 bits per heavy atom. The van der Waals surface area contributed by atoms with Crippen LogP contribution in [-0.2, 0) is 14.6 Å². The summed E-state index contributed by atoms with van der Waals surface area (Å²) in [7, 11) is -3.87. The topological polar surface area (TPSA) is 106 Å². The second-order valence-electron chi connectivity index (χ2n) is 7.32. The molecular formula is C21H22N4O3S. The zero-order valence-corrected chi connectivity index (χ0v) is 16.9. The Hall–Kier alpha value is -3.00. The Bertz CT molecular complexity index is 1190. The van der Waals surface area contributed by atoms with E-state index in [1.807, 2.05) is 30.0 Å². The maximum atomic E-state index is 13.5. The first-order chi connectivity index (χ1) is 13.9. The average Bonchev–Trinajstić information content (AvgIpc) is 2.73. The molecule has 1 fully saturated rings. The van der Waals surface area contributed by atoms with Gasteiger partial charge in [-0.2, -0.15) is 0 Å². The molecular weight excluding hydrogens is 388 g/mol. The number of primary amides is 1. The van der Waals surface area contributed by atoms with Crippen molar-refractivity contribution < 1.29 is 13.2 Å². The highest BCUT2D eigenvalue weighted by molar-refractivity contribution is 7.91. The summed E-state index contributed by atoms with van der Waals surface area (Å²) in [6.45, 7) is 2.84. The Kier molecular flexibility index (Phi) is 4.96. The Morgan fingerprint density at radius 2 is 1.69 bits per heavy atom. The average molecular weight is 410 g/mol. The highest BCUT2D eigenvalue weighted by atomic mass is 32.2. The highest BCUT2D eigenvalue weighted by Gasteiger charge is 2.31. The molecule has 8 heteroatoms. The maximum Gasteiger partial charge on any atom is 0.227 e. The van der Waals surface area contributed by atoms with Crippen LogP contribution in [0.15, 0.2) is 58.5 Å². The van der Waals surface area contributed by atoms with Gasteiger partial charge in [-0.15, -0.1) is 0 Å². The Balaban J connectivity index is 1.84. The Morgan fingerprint density at radius 3 is 2.31 bits per heavy atom. The van der Waals surface area contributed by atoms with Crippen LogP contribution < -0.4 is 10.6 Å². The zero-order chi connectivity index (χ0) is 20.6. The second-order valence-corrected chi connectivity index (χ2v) is 9.19. The quantitative estimate of drug-likeness (QED) is 0.708. The molecule has 1 aromatic heterocycles. The standard InChI is InChI=1S/C21H22N4O3S/c1-14-5-4-6-16(13-14)29(27,28)21-20(23-17-7-2-3-8-18(17)24-21)25-11-9-15(10-12-25)19(22)26/h2-8,13,15H,9-12H2,1H3,(H2,22,26). The van der Waals surface area contributed by atoms with Gasteiger partial charge in [-0.25, -0.2) is 18.4 Å². The van der Waals surface area contributed by atoms with E-state index in [0.29, 0.717) is 42.8 Å². The molecule has 150 valence electrons. The smallest absolute Gasteiger partial charge is 0.227 e. The van der Waals surface area contributed by atoms with Gasteiger partial charge < -0.3 is 10.6 Å². The number of carbonyl (C=O) groups is 1. The SMILES string of the molecule is Cc1cccc(S(=O)(=O)c2nc3ccccc3nc2N2CCC(C(N)=O)CC2)c1. The van der Waals surface area contributed by atoms with Gasteiger partial charge in [0.1, 0.15) is 0 Å². The molecule has 0 spiro atoms. The molecule has 2 aromatic carbocycles. The van der Waals surface area contributed by atoms with Crippen molar-refractivity contribution in [3.8, 4) is 0 Å². The van der Waals surface area contributed by atoms with Crippen LogP contribution in [0.2, 0.25) is 0 Å². The number of para-hydroxylation sites is 2. The summed E-state index contributed by atoms with van der Waals surface area (Å²) in [5, 5.41) is -0.0562. The van der Waals surface area contributed by atoms with Crippen LogP contribution in [0.3, 0.4) is 0 Å². The number of rotatable bonds is 4. The van der Waals surface area contributed by atoms with E-state index in [-0.39, 0.29) is 21.7 Å². The van der Waals surface area contributed by atoms with Gasteiger partial charge in [0.2, 0.25) is 20.8 Å². The van der Waals surface area contributed by atoms with E-state index in [1.165, 1.54) is 0 Å². The van der Waals surface area contributed by atoms with Crippen LogP contribution in [0.25, 0.3) is 11.0 Å². The lowest BCUT2D eigenvalue weighted by molar-refractivity contribution is -0.122. The summed E-state index contributed by atoms with van der Waals surface area (Å²) < 4.78 is 26.9. The molecule has 3 aromatic rings. The number of anilines is 1. The van der Waals surface area contributed by atoms with Gasteiger partial charge in [0.05, 0.1) is 15.9 Å². The molecule has 0 unspecified atom stereocenters. The third-order valence-corrected chi connectivity index (χ3v) is 6.93. The number of aromatic nitrogens is 2. The number of hydrogen-bond acceptors (Lipinski definition) is 6. The first-order valence-corrected chi connectivity index (χ1v) is 11.0. The first-order valence-electron chi connectivity index (χ1n) is 9.49. The fraction of sp³-hybridized carbons (Fsp3) is 0.286. The van der Waals surface area contributed by atoms with Crippen molar-refractivity contribution in [1.29, 1.82) is 0 Å². The van der Waals surface area contributed by atoms with E-state index in [9.17, 15) is 13.2 Å². The summed E-state index contributed by atoms with van der Waals surface area (Å²) in [6, 6.07) is 14.0. The molecule has 2 N–H and O–H groups in total. The molecule has 2 heterocycles. The number of hydrogen-bond donors (Lipinski definition) is 1. The van der Waals surface area contributed by atoms with Gasteiger partial charge in [0.25, 0.3) is 0 Å². The molecule has 1 aliphatic rings. The molecule has 1 amide bonds. The number of benzene rings is 2. The molecule has 1 aliphatic heterocycles. The maximum absolute atomic E-state index is 13.5. The second kappa shape index (κ2) is 7.44. The fourth-order valence-corrected chi connectivity index (χ4v) is 5.09. The number of nitrogens with two attached hydrogens (primary N) is 1. The van der Waals surface area contributed by atoms with Crippen molar-refractivity contribution in [2.45, 2.75) is 29.7 Å². The summed E-state index contributed by atoms with van der Waals surface area (Å²) in [6.07, 6.45) is 1.13. The van der Waals surface area contributed by atoms with Crippen LogP contribution in [0, 0.1) is 12.8 Å². The molecule has 0 bridgehead atoms. The summed E-state index contributed by atoms with van der Waals surface area (Å²) >= 11 is 0. The van der Waals surface area contributed by atoms with E-state index in [4.69, 9.17) is 5.73 Å². The van der Waals surface area contributed by atoms with Crippen LogP contribution >= 0.6 is 0 Å². The van der Waals surface area contributed by atoms with Crippen molar-refractivity contribution >= 4 is 32.6 Å². The van der Waals surface area contributed by atoms with Crippen LogP contribution in [-0.4, -0.2) is 37.4 Å². The lowest BCUT2D eigenvalue weighted by Crippen LogP contribution is -2.39. The number of piperidine rings is 1. The summed E-state index contributed by atoms with van der Waals surface area (Å²) in [5.74, 6) is -0.188. The van der Waals surface area contributed by atoms with Gasteiger partial charge in [-0.05, 0) is 49.6 Å². The van der Waals surface area contributed by atoms with Crippen molar-refractivity contribution in [3.63, 3.8) is 0 Å². The van der Waals surface area contributed by atoms with Crippen LogP contribution in [0.1, 0.15) is 18.4 Å². The molecule has 0 aliphatic carbocycles. The van der Waals surface area contributed by atoms with Gasteiger partial charge >= 0.3 is 0 Å². The normalized spacial score (nSPS) is 15.6. The van der Waals surface area contributed by atoms with E-state index in [2.05, 4.69) is 9.97 Å². The molecule has 4 rings (SSSR count). The molecule has 1 saturated heterocycles. The zero-order valence-electron chi connectivity index (χ0n) is 16.1. The van der Waals surface area contributed by atoms with Crippen molar-refractivity contribution in [2.75, 3.05) is 18.0 Å². The minimum absolute atomic E-state index is 0.0562. The minimum Gasteiger partial charge on any atom is -0.369 e. The number of aryl methyl sites for hydroxylation is 1. The van der Waals surface area contributed by atoms with Gasteiger partial charge in [-0.1, -0.05) is 24.3 Å². The first kappa shape index (κ1) is 19.3. The predicted molar refractivity (Wildman–Crippen MR) is 110 cm³/mol. The van der Waals surface area contributed by atoms with Crippen molar-refractivity contribution in [1.82, 2.24) is 9.97 Å². The third-order valence-electron chi connectivity index (χ3n) is 5.27. The van der Waals surface area contributed by atoms with E-state index < -0.39 is 9.84 Å².